The van der Waals surface area contributed by atoms with Gasteiger partial charge < -0.3 is 14.7 Å². The van der Waals surface area contributed by atoms with Gasteiger partial charge in [0.2, 0.25) is 0 Å². The number of hydrogen-bond acceptors (Lipinski definition) is 6. The second kappa shape index (κ2) is 11.9. The number of rotatable bonds is 10. The van der Waals surface area contributed by atoms with E-state index in [0.717, 1.165) is 55.8 Å². The average Bonchev–Trinajstić information content (AvgIpc) is 3.40. The maximum absolute atomic E-state index is 13.2. The first-order valence-electron chi connectivity index (χ1n) is 11.1. The fourth-order valence-electron chi connectivity index (χ4n) is 4.37. The Kier molecular flexibility index (Phi) is 9.27. The highest BCUT2D eigenvalue weighted by atomic mass is 32.2. The summed E-state index contributed by atoms with van der Waals surface area (Å²) < 4.78 is 6.85. The van der Waals surface area contributed by atoms with E-state index in [9.17, 15) is 9.59 Å². The molecule has 168 valence electrons. The van der Waals surface area contributed by atoms with Crippen LogP contribution in [0.15, 0.2) is 10.4 Å². The molecule has 2 fully saturated rings. The maximum atomic E-state index is 13.2. The van der Waals surface area contributed by atoms with Crippen molar-refractivity contribution >= 4 is 40.2 Å². The van der Waals surface area contributed by atoms with Crippen LogP contribution in [0, 0.1) is 0 Å². The van der Waals surface area contributed by atoms with Crippen LogP contribution in [0.4, 0.5) is 9.93 Å². The zero-order valence-electron chi connectivity index (χ0n) is 17.7. The molecule has 0 aliphatic heterocycles. The average molecular weight is 456 g/mol. The highest BCUT2D eigenvalue weighted by molar-refractivity contribution is 8.01. The highest BCUT2D eigenvalue weighted by Crippen LogP contribution is 2.33. The van der Waals surface area contributed by atoms with Gasteiger partial charge in [-0.25, -0.2) is 9.78 Å². The molecule has 2 amide bonds. The molecule has 1 heterocycles. The Morgan fingerprint density at radius 1 is 1.23 bits per heavy atom. The van der Waals surface area contributed by atoms with Crippen molar-refractivity contribution in [3.8, 4) is 0 Å². The van der Waals surface area contributed by atoms with Crippen molar-refractivity contribution in [1.82, 2.24) is 9.88 Å². The van der Waals surface area contributed by atoms with Gasteiger partial charge in [0.15, 0.2) is 5.13 Å². The number of carbonyl (C=O) groups is 2. The summed E-state index contributed by atoms with van der Waals surface area (Å²) in [5.74, 6) is -0.301. The lowest BCUT2D eigenvalue weighted by Gasteiger charge is -2.40. The van der Waals surface area contributed by atoms with Crippen molar-refractivity contribution in [3.63, 3.8) is 0 Å². The van der Waals surface area contributed by atoms with Crippen molar-refractivity contribution in [1.29, 1.82) is 0 Å². The van der Waals surface area contributed by atoms with Crippen molar-refractivity contribution in [2.45, 2.75) is 93.5 Å². The summed E-state index contributed by atoms with van der Waals surface area (Å²) in [4.78, 5) is 30.3. The third kappa shape index (κ3) is 6.85. The fourth-order valence-corrected chi connectivity index (χ4v) is 6.23. The quantitative estimate of drug-likeness (QED) is 0.470. The van der Waals surface area contributed by atoms with Crippen LogP contribution < -0.4 is 5.32 Å². The van der Waals surface area contributed by atoms with Crippen LogP contribution >= 0.6 is 23.1 Å². The maximum Gasteiger partial charge on any atom is 0.324 e. The molecule has 1 aromatic rings. The molecule has 0 unspecified atom stereocenters. The summed E-state index contributed by atoms with van der Waals surface area (Å²) in [6, 6.07) is 0.530. The molecule has 0 spiro atoms. The molecule has 2 N–H and O–H groups in total. The van der Waals surface area contributed by atoms with E-state index in [1.54, 1.807) is 6.20 Å². The van der Waals surface area contributed by atoms with Crippen molar-refractivity contribution in [3.05, 3.63) is 6.20 Å². The minimum atomic E-state index is -0.803. The summed E-state index contributed by atoms with van der Waals surface area (Å²) in [5.41, 5.74) is 0. The lowest BCUT2D eigenvalue weighted by atomic mass is 9.91. The summed E-state index contributed by atoms with van der Waals surface area (Å²) in [6.07, 6.45) is 11.7. The van der Waals surface area contributed by atoms with Gasteiger partial charge >= 0.3 is 12.0 Å². The number of anilines is 1. The Labute approximate surface area is 187 Å². The molecule has 9 heteroatoms. The van der Waals surface area contributed by atoms with Gasteiger partial charge in [0, 0.05) is 24.4 Å². The zero-order chi connectivity index (χ0) is 21.3. The van der Waals surface area contributed by atoms with E-state index in [1.807, 2.05) is 0 Å². The first kappa shape index (κ1) is 23.3. The Morgan fingerprint density at radius 3 is 2.60 bits per heavy atom. The van der Waals surface area contributed by atoms with Gasteiger partial charge in [0.1, 0.15) is 0 Å². The largest absolute Gasteiger partial charge is 0.481 e. The number of aromatic nitrogens is 1. The molecule has 1 aromatic heterocycles. The van der Waals surface area contributed by atoms with E-state index in [1.165, 1.54) is 35.9 Å². The predicted molar refractivity (Wildman–Crippen MR) is 120 cm³/mol. The van der Waals surface area contributed by atoms with E-state index in [-0.39, 0.29) is 18.5 Å². The van der Waals surface area contributed by atoms with Crippen LogP contribution in [-0.4, -0.2) is 57.5 Å². The van der Waals surface area contributed by atoms with Crippen LogP contribution in [0.2, 0.25) is 0 Å². The highest BCUT2D eigenvalue weighted by Gasteiger charge is 2.35. The topological polar surface area (TPSA) is 91.8 Å². The standard InChI is InChI=1S/C21H33N3O4S2/c1-2-12-28-17-9-7-16(8-10-17)24(15-5-3-4-6-15)21(27)23-20-22-14-19(30-20)29-13-11-18(25)26/h14-17H,2-13H2,1H3,(H,25,26)(H,22,23,27). The summed E-state index contributed by atoms with van der Waals surface area (Å²) in [7, 11) is 0. The summed E-state index contributed by atoms with van der Waals surface area (Å²) in [6.45, 7) is 2.95. The lowest BCUT2D eigenvalue weighted by Crippen LogP contribution is -2.50. The number of carboxylic acid groups (broad SMARTS) is 1. The molecule has 2 aliphatic carbocycles. The van der Waals surface area contributed by atoms with Gasteiger partial charge in [-0.15, -0.1) is 11.8 Å². The number of nitrogens with one attached hydrogen (secondary N) is 1. The number of nitrogens with zero attached hydrogens (tertiary/aromatic N) is 2. The SMILES string of the molecule is CCCOC1CCC(N(C(=O)Nc2ncc(SCCC(=O)O)s2)C2CCCC2)CC1. The van der Waals surface area contributed by atoms with Crippen LogP contribution in [0.25, 0.3) is 0 Å². The number of urea groups is 1. The van der Waals surface area contributed by atoms with Crippen LogP contribution in [0.1, 0.15) is 71.1 Å². The van der Waals surface area contributed by atoms with E-state index in [4.69, 9.17) is 9.84 Å². The molecule has 7 nitrogen and oxygen atoms in total. The molecule has 30 heavy (non-hydrogen) atoms. The van der Waals surface area contributed by atoms with Crippen molar-refractivity contribution in [2.75, 3.05) is 17.7 Å². The van der Waals surface area contributed by atoms with Gasteiger partial charge in [0.05, 0.1) is 22.9 Å². The Morgan fingerprint density at radius 2 is 1.93 bits per heavy atom. The van der Waals surface area contributed by atoms with E-state index in [2.05, 4.69) is 22.1 Å². The molecule has 0 radical (unpaired) electrons. The van der Waals surface area contributed by atoms with Crippen molar-refractivity contribution in [2.24, 2.45) is 0 Å². The Hall–Kier alpha value is -1.32. The van der Waals surface area contributed by atoms with Crippen LogP contribution in [0.3, 0.4) is 0 Å². The molecular weight excluding hydrogens is 422 g/mol. The monoisotopic (exact) mass is 455 g/mol. The Bertz CT molecular complexity index is 686. The number of carbonyl (C=O) groups excluding carboxylic acids is 1. The fraction of sp³-hybridized carbons (Fsp3) is 0.762. The molecule has 2 saturated carbocycles. The number of aliphatic carboxylic acids is 1. The third-order valence-electron chi connectivity index (χ3n) is 5.81. The minimum absolute atomic E-state index is 0.0451. The Balaban J connectivity index is 1.57. The lowest BCUT2D eigenvalue weighted by molar-refractivity contribution is -0.136. The number of hydrogen-bond donors (Lipinski definition) is 2. The minimum Gasteiger partial charge on any atom is -0.481 e. The number of ether oxygens (including phenoxy) is 1. The smallest absolute Gasteiger partial charge is 0.324 e. The first-order valence-corrected chi connectivity index (χ1v) is 12.9. The van der Waals surface area contributed by atoms with E-state index in [0.29, 0.717) is 23.0 Å². The molecular formula is C21H33N3O4S2. The second-order valence-electron chi connectivity index (χ2n) is 8.05. The van der Waals surface area contributed by atoms with E-state index < -0.39 is 5.97 Å². The second-order valence-corrected chi connectivity index (χ2v) is 10.5. The molecule has 0 bridgehead atoms. The molecule has 0 atom stereocenters. The number of thiazole rings is 1. The predicted octanol–water partition coefficient (Wildman–Crippen LogP) is 5.22. The van der Waals surface area contributed by atoms with Crippen molar-refractivity contribution < 1.29 is 19.4 Å². The van der Waals surface area contributed by atoms with Crippen LogP contribution in [0.5, 0.6) is 0 Å². The molecule has 2 aliphatic rings. The van der Waals surface area contributed by atoms with Gasteiger partial charge in [-0.3, -0.25) is 10.1 Å². The van der Waals surface area contributed by atoms with Gasteiger partial charge in [0.25, 0.3) is 0 Å². The molecule has 3 rings (SSSR count). The number of thioether (sulfide) groups is 1. The third-order valence-corrected chi connectivity index (χ3v) is 7.92. The van der Waals surface area contributed by atoms with Crippen LogP contribution in [-0.2, 0) is 9.53 Å². The van der Waals surface area contributed by atoms with Gasteiger partial charge in [-0.1, -0.05) is 31.1 Å². The van der Waals surface area contributed by atoms with Gasteiger partial charge in [-0.05, 0) is 44.9 Å². The normalized spacial score (nSPS) is 22.2. The van der Waals surface area contributed by atoms with Gasteiger partial charge in [-0.2, -0.15) is 0 Å². The zero-order valence-corrected chi connectivity index (χ0v) is 19.3. The number of amides is 2. The van der Waals surface area contributed by atoms with E-state index >= 15 is 0 Å². The molecule has 0 saturated heterocycles. The summed E-state index contributed by atoms with van der Waals surface area (Å²) in [5, 5.41) is 12.4. The molecule has 0 aromatic carbocycles. The summed E-state index contributed by atoms with van der Waals surface area (Å²) >= 11 is 2.87. The number of carboxylic acids is 1. The first-order chi connectivity index (χ1) is 14.6.